The molecule has 6 heteroatoms. The van der Waals surface area contributed by atoms with E-state index in [4.69, 9.17) is 16.3 Å². The number of ether oxygens (including phenoxy) is 1. The number of aromatic hydroxyl groups is 1. The number of phenols is 1. The van der Waals surface area contributed by atoms with Crippen LogP contribution in [-0.2, 0) is 17.6 Å². The lowest BCUT2D eigenvalue weighted by Gasteiger charge is -2.14. The van der Waals surface area contributed by atoms with E-state index in [0.29, 0.717) is 29.5 Å². The Labute approximate surface area is 202 Å². The van der Waals surface area contributed by atoms with Gasteiger partial charge in [-0.25, -0.2) is 0 Å². The van der Waals surface area contributed by atoms with Gasteiger partial charge in [0.15, 0.2) is 6.61 Å². The largest absolute Gasteiger partial charge is 0.508 e. The zero-order chi connectivity index (χ0) is 23.1. The van der Waals surface area contributed by atoms with Crippen molar-refractivity contribution in [2.75, 3.05) is 13.2 Å². The number of benzene rings is 3. The van der Waals surface area contributed by atoms with Gasteiger partial charge in [-0.3, -0.25) is 4.79 Å². The van der Waals surface area contributed by atoms with E-state index in [1.807, 2.05) is 62.4 Å². The second-order valence-electron chi connectivity index (χ2n) is 7.96. The quantitative estimate of drug-likeness (QED) is 0.353. The van der Waals surface area contributed by atoms with Gasteiger partial charge in [-0.1, -0.05) is 83.8 Å². The molecule has 0 fully saturated rings. The van der Waals surface area contributed by atoms with Gasteiger partial charge in [-0.2, -0.15) is 0 Å². The molecule has 3 aromatic carbocycles. The van der Waals surface area contributed by atoms with Crippen LogP contribution in [0, 0.1) is 0 Å². The summed E-state index contributed by atoms with van der Waals surface area (Å²) in [5.41, 5.74) is 4.06. The molecule has 0 atom stereocenters. The third-order valence-corrected chi connectivity index (χ3v) is 6.20. The van der Waals surface area contributed by atoms with Crippen molar-refractivity contribution in [2.45, 2.75) is 32.6 Å². The van der Waals surface area contributed by atoms with Crippen molar-refractivity contribution in [3.05, 3.63) is 92.4 Å². The first-order valence-corrected chi connectivity index (χ1v) is 11.7. The lowest BCUT2D eigenvalue weighted by Crippen LogP contribution is -2.30. The summed E-state index contributed by atoms with van der Waals surface area (Å²) in [7, 11) is 0. The number of hydrogen-bond acceptors (Lipinski definition) is 3. The fourth-order valence-electron chi connectivity index (χ4n) is 3.40. The highest BCUT2D eigenvalue weighted by Crippen LogP contribution is 2.34. The molecule has 0 saturated carbocycles. The molecule has 168 valence electrons. The zero-order valence-corrected chi connectivity index (χ0v) is 20.5. The van der Waals surface area contributed by atoms with Crippen molar-refractivity contribution >= 4 is 33.4 Å². The number of amides is 1. The second-order valence-corrected chi connectivity index (χ2v) is 9.23. The average Bonchev–Trinajstić information content (AvgIpc) is 2.76. The van der Waals surface area contributed by atoms with Crippen LogP contribution in [0.4, 0.5) is 0 Å². The van der Waals surface area contributed by atoms with Crippen LogP contribution in [0.2, 0.25) is 5.02 Å². The van der Waals surface area contributed by atoms with Gasteiger partial charge in [0.05, 0.1) is 0 Å². The molecule has 0 saturated heterocycles. The van der Waals surface area contributed by atoms with Crippen molar-refractivity contribution in [2.24, 2.45) is 0 Å². The molecule has 0 bridgehead atoms. The molecule has 0 radical (unpaired) electrons. The molecule has 32 heavy (non-hydrogen) atoms. The van der Waals surface area contributed by atoms with Gasteiger partial charge in [0.25, 0.3) is 5.91 Å². The molecule has 2 N–H and O–H groups in total. The third kappa shape index (κ3) is 6.75. The number of carbonyl (C=O) groups excluding carboxylic acids is 1. The first kappa shape index (κ1) is 24.1. The van der Waals surface area contributed by atoms with Crippen molar-refractivity contribution in [3.63, 3.8) is 0 Å². The number of halogens is 2. The van der Waals surface area contributed by atoms with E-state index in [-0.39, 0.29) is 18.4 Å². The van der Waals surface area contributed by atoms with Gasteiger partial charge in [-0.15, -0.1) is 0 Å². The summed E-state index contributed by atoms with van der Waals surface area (Å²) in [6.07, 6.45) is 1.38. The van der Waals surface area contributed by atoms with Crippen molar-refractivity contribution in [1.29, 1.82) is 0 Å². The summed E-state index contributed by atoms with van der Waals surface area (Å²) in [4.78, 5) is 12.1. The van der Waals surface area contributed by atoms with Gasteiger partial charge >= 0.3 is 0 Å². The predicted molar refractivity (Wildman–Crippen MR) is 133 cm³/mol. The maximum Gasteiger partial charge on any atom is 0.257 e. The second kappa shape index (κ2) is 11.4. The van der Waals surface area contributed by atoms with E-state index in [1.165, 1.54) is 5.56 Å². The van der Waals surface area contributed by atoms with E-state index in [1.54, 1.807) is 12.1 Å². The van der Waals surface area contributed by atoms with Gasteiger partial charge in [0, 0.05) is 22.5 Å². The van der Waals surface area contributed by atoms with Crippen LogP contribution >= 0.6 is 27.5 Å². The molecule has 3 aromatic rings. The minimum Gasteiger partial charge on any atom is -0.508 e. The lowest BCUT2D eigenvalue weighted by molar-refractivity contribution is -0.123. The van der Waals surface area contributed by atoms with E-state index >= 15 is 0 Å². The summed E-state index contributed by atoms with van der Waals surface area (Å²) in [5.74, 6) is 0.878. The summed E-state index contributed by atoms with van der Waals surface area (Å²) in [6.45, 7) is 4.57. The Morgan fingerprint density at radius 1 is 1.09 bits per heavy atom. The number of rotatable bonds is 9. The third-order valence-electron chi connectivity index (χ3n) is 5.16. The smallest absolute Gasteiger partial charge is 0.257 e. The molecule has 3 rings (SSSR count). The van der Waals surface area contributed by atoms with Crippen LogP contribution in [0.5, 0.6) is 11.5 Å². The van der Waals surface area contributed by atoms with E-state index in [2.05, 4.69) is 21.2 Å². The standard InChI is InChI=1S/C26H27BrClNO3/c1-17(2)21-12-19(8-9-25(21)30)13-22-23(27)14-20(15-24(22)28)32-16-26(31)29-11-10-18-6-4-3-5-7-18/h3-9,12,14-15,17,30H,10-11,13,16H2,1-2H3,(H,29,31). The summed E-state index contributed by atoms with van der Waals surface area (Å²) in [5, 5.41) is 13.5. The number of carbonyl (C=O) groups is 1. The summed E-state index contributed by atoms with van der Waals surface area (Å²) in [6, 6.07) is 19.2. The molecule has 0 aromatic heterocycles. The first-order valence-electron chi connectivity index (χ1n) is 10.6. The van der Waals surface area contributed by atoms with Crippen LogP contribution in [0.25, 0.3) is 0 Å². The Balaban J connectivity index is 1.57. The van der Waals surface area contributed by atoms with Crippen LogP contribution in [0.15, 0.2) is 65.1 Å². The Kier molecular flexibility index (Phi) is 8.60. The van der Waals surface area contributed by atoms with Crippen LogP contribution < -0.4 is 10.1 Å². The summed E-state index contributed by atoms with van der Waals surface area (Å²) >= 11 is 10.1. The molecular weight excluding hydrogens is 490 g/mol. The fourth-order valence-corrected chi connectivity index (χ4v) is 4.37. The molecule has 4 nitrogen and oxygen atoms in total. The highest BCUT2D eigenvalue weighted by Gasteiger charge is 2.13. The van der Waals surface area contributed by atoms with E-state index < -0.39 is 0 Å². The topological polar surface area (TPSA) is 58.6 Å². The molecule has 0 spiro atoms. The average molecular weight is 517 g/mol. The van der Waals surface area contributed by atoms with Crippen LogP contribution in [0.3, 0.4) is 0 Å². The monoisotopic (exact) mass is 515 g/mol. The zero-order valence-electron chi connectivity index (χ0n) is 18.2. The molecule has 0 aliphatic carbocycles. The molecule has 0 heterocycles. The molecule has 1 amide bonds. The molecule has 0 aliphatic rings. The number of phenolic OH excluding ortho intramolecular Hbond substituents is 1. The number of nitrogens with one attached hydrogen (secondary N) is 1. The predicted octanol–water partition coefficient (Wildman–Crippen LogP) is 6.26. The van der Waals surface area contributed by atoms with Crippen LogP contribution in [-0.4, -0.2) is 24.2 Å². The highest BCUT2D eigenvalue weighted by atomic mass is 79.9. The Bertz CT molecular complexity index is 1050. The Morgan fingerprint density at radius 2 is 1.84 bits per heavy atom. The maximum atomic E-state index is 12.1. The van der Waals surface area contributed by atoms with Crippen molar-refractivity contribution in [1.82, 2.24) is 5.32 Å². The highest BCUT2D eigenvalue weighted by molar-refractivity contribution is 9.10. The van der Waals surface area contributed by atoms with Gasteiger partial charge in [0.1, 0.15) is 11.5 Å². The van der Waals surface area contributed by atoms with E-state index in [0.717, 1.165) is 27.6 Å². The molecule has 0 unspecified atom stereocenters. The SMILES string of the molecule is CC(C)c1cc(Cc2c(Cl)cc(OCC(=O)NCCc3ccccc3)cc2Br)ccc1O. The number of hydrogen-bond donors (Lipinski definition) is 2. The summed E-state index contributed by atoms with van der Waals surface area (Å²) < 4.78 is 6.45. The van der Waals surface area contributed by atoms with Gasteiger partial charge in [-0.05, 0) is 52.8 Å². The fraction of sp³-hybridized carbons (Fsp3) is 0.269. The lowest BCUT2D eigenvalue weighted by atomic mass is 9.96. The van der Waals surface area contributed by atoms with Crippen LogP contribution in [0.1, 0.15) is 42.0 Å². The Morgan fingerprint density at radius 3 is 2.53 bits per heavy atom. The normalized spacial score (nSPS) is 10.9. The minimum atomic E-state index is -0.178. The van der Waals surface area contributed by atoms with Crippen molar-refractivity contribution in [3.8, 4) is 11.5 Å². The van der Waals surface area contributed by atoms with Gasteiger partial charge in [0.2, 0.25) is 0 Å². The van der Waals surface area contributed by atoms with Gasteiger partial charge < -0.3 is 15.2 Å². The first-order chi connectivity index (χ1) is 15.3. The van der Waals surface area contributed by atoms with E-state index in [9.17, 15) is 9.90 Å². The molecular formula is C26H27BrClNO3. The molecule has 0 aliphatic heterocycles. The Hall–Kier alpha value is -2.50. The van der Waals surface area contributed by atoms with Crippen molar-refractivity contribution < 1.29 is 14.6 Å². The maximum absolute atomic E-state index is 12.1. The minimum absolute atomic E-state index is 0.0768.